The summed E-state index contributed by atoms with van der Waals surface area (Å²) in [6, 6.07) is 16.2. The van der Waals surface area contributed by atoms with Crippen molar-refractivity contribution in [1.29, 1.82) is 5.26 Å². The van der Waals surface area contributed by atoms with Crippen molar-refractivity contribution in [3.05, 3.63) is 70.8 Å². The highest BCUT2D eigenvalue weighted by molar-refractivity contribution is 5.67. The van der Waals surface area contributed by atoms with Gasteiger partial charge < -0.3 is 20.3 Å². The van der Waals surface area contributed by atoms with E-state index in [1.165, 1.54) is 0 Å². The number of aliphatic hydroxyl groups is 2. The largest absolute Gasteiger partial charge is 0.445 e. The summed E-state index contributed by atoms with van der Waals surface area (Å²) in [4.78, 5) is 11.7. The first-order valence-corrected chi connectivity index (χ1v) is 7.82. The van der Waals surface area contributed by atoms with E-state index in [0.717, 1.165) is 11.1 Å². The molecule has 2 aromatic rings. The van der Waals surface area contributed by atoms with E-state index in [1.807, 2.05) is 43.3 Å². The Labute approximate surface area is 146 Å². The number of ether oxygens (including phenoxy) is 1. The summed E-state index contributed by atoms with van der Waals surface area (Å²) in [6.45, 7) is 1.74. The first-order chi connectivity index (χ1) is 12.0. The molecule has 0 fully saturated rings. The monoisotopic (exact) mass is 340 g/mol. The lowest BCUT2D eigenvalue weighted by molar-refractivity contribution is 0.0182. The number of amides is 1. The van der Waals surface area contributed by atoms with Crippen molar-refractivity contribution >= 4 is 6.09 Å². The lowest BCUT2D eigenvalue weighted by Gasteiger charge is -2.19. The third kappa shape index (κ3) is 5.31. The molecule has 0 saturated carbocycles. The van der Waals surface area contributed by atoms with Crippen molar-refractivity contribution in [2.24, 2.45) is 0 Å². The molecule has 3 N–H and O–H groups in total. The van der Waals surface area contributed by atoms with Crippen molar-refractivity contribution in [3.8, 4) is 6.07 Å². The van der Waals surface area contributed by atoms with Crippen LogP contribution in [0.4, 0.5) is 4.79 Å². The fraction of sp³-hybridized carbons (Fsp3) is 0.263. The summed E-state index contributed by atoms with van der Waals surface area (Å²) in [5.41, 5.74) is 2.33. The van der Waals surface area contributed by atoms with E-state index in [0.29, 0.717) is 11.1 Å². The number of alkyl carbamates (subject to hydrolysis) is 1. The van der Waals surface area contributed by atoms with Gasteiger partial charge in [0, 0.05) is 12.1 Å². The predicted molar refractivity (Wildman–Crippen MR) is 91.5 cm³/mol. The third-order valence-corrected chi connectivity index (χ3v) is 3.68. The molecule has 2 rings (SSSR count). The molecule has 25 heavy (non-hydrogen) atoms. The van der Waals surface area contributed by atoms with Crippen LogP contribution in [0.5, 0.6) is 0 Å². The van der Waals surface area contributed by atoms with Gasteiger partial charge in [0.2, 0.25) is 0 Å². The lowest BCUT2D eigenvalue weighted by Crippen LogP contribution is -2.36. The Kier molecular flexibility index (Phi) is 6.52. The van der Waals surface area contributed by atoms with Crippen LogP contribution < -0.4 is 5.32 Å². The number of nitrogens with one attached hydrogen (secondary N) is 1. The smallest absolute Gasteiger partial charge is 0.407 e. The minimum atomic E-state index is -1.29. The van der Waals surface area contributed by atoms with Gasteiger partial charge in [-0.25, -0.2) is 4.79 Å². The Balaban J connectivity index is 1.86. The molecule has 0 spiro atoms. The quantitative estimate of drug-likeness (QED) is 0.748. The van der Waals surface area contributed by atoms with Crippen molar-refractivity contribution < 1.29 is 19.7 Å². The molecule has 6 nitrogen and oxygen atoms in total. The summed E-state index contributed by atoms with van der Waals surface area (Å²) in [7, 11) is 0. The Bertz CT molecular complexity index is 756. The molecule has 0 aromatic heterocycles. The lowest BCUT2D eigenvalue weighted by atomic mass is 9.97. The predicted octanol–water partition coefficient (Wildman–Crippen LogP) is 2.19. The fourth-order valence-electron chi connectivity index (χ4n) is 2.31. The van der Waals surface area contributed by atoms with Crippen LogP contribution in [-0.4, -0.2) is 29.0 Å². The SMILES string of the molecule is Cc1ccc(C(O)C(O)CNC(=O)OCc2ccccc2)c(C#N)c1. The minimum absolute atomic E-state index is 0.113. The third-order valence-electron chi connectivity index (χ3n) is 3.68. The summed E-state index contributed by atoms with van der Waals surface area (Å²) in [5, 5.41) is 31.8. The molecule has 6 heteroatoms. The molecule has 0 heterocycles. The van der Waals surface area contributed by atoms with Gasteiger partial charge in [0.05, 0.1) is 11.6 Å². The average molecular weight is 340 g/mol. The van der Waals surface area contributed by atoms with Gasteiger partial charge in [0.15, 0.2) is 0 Å². The molecule has 0 aliphatic carbocycles. The maximum Gasteiger partial charge on any atom is 0.407 e. The maximum absolute atomic E-state index is 11.7. The van der Waals surface area contributed by atoms with E-state index in [-0.39, 0.29) is 13.2 Å². The average Bonchev–Trinajstić information content (AvgIpc) is 2.64. The summed E-state index contributed by atoms with van der Waals surface area (Å²) in [5.74, 6) is 0. The molecule has 0 aliphatic heterocycles. The zero-order valence-electron chi connectivity index (χ0n) is 13.8. The molecule has 2 unspecified atom stereocenters. The van der Waals surface area contributed by atoms with Crippen LogP contribution in [0.2, 0.25) is 0 Å². The fourth-order valence-corrected chi connectivity index (χ4v) is 2.31. The number of aryl methyl sites for hydroxylation is 1. The van der Waals surface area contributed by atoms with Crippen LogP contribution in [0, 0.1) is 18.3 Å². The van der Waals surface area contributed by atoms with Crippen LogP contribution in [0.25, 0.3) is 0 Å². The zero-order chi connectivity index (χ0) is 18.2. The topological polar surface area (TPSA) is 103 Å². The molecule has 1 amide bonds. The second kappa shape index (κ2) is 8.83. The molecule has 0 aliphatic rings. The number of carbonyl (C=O) groups excluding carboxylic acids is 1. The van der Waals surface area contributed by atoms with Gasteiger partial charge >= 0.3 is 6.09 Å². The normalized spacial score (nSPS) is 12.7. The van der Waals surface area contributed by atoms with Crippen LogP contribution in [0.15, 0.2) is 48.5 Å². The van der Waals surface area contributed by atoms with Crippen molar-refractivity contribution in [1.82, 2.24) is 5.32 Å². The molecule has 0 bridgehead atoms. The number of nitrogens with zero attached hydrogens (tertiary/aromatic N) is 1. The minimum Gasteiger partial charge on any atom is -0.445 e. The van der Waals surface area contributed by atoms with Crippen LogP contribution in [-0.2, 0) is 11.3 Å². The van der Waals surface area contributed by atoms with E-state index >= 15 is 0 Å². The van der Waals surface area contributed by atoms with Gasteiger partial charge in [-0.3, -0.25) is 0 Å². The number of rotatable bonds is 6. The summed E-state index contributed by atoms with van der Waals surface area (Å²) in [6.07, 6.45) is -3.25. The molecule has 2 atom stereocenters. The first kappa shape index (κ1) is 18.5. The molecular weight excluding hydrogens is 320 g/mol. The van der Waals surface area contributed by atoms with E-state index in [2.05, 4.69) is 5.32 Å². The van der Waals surface area contributed by atoms with E-state index in [4.69, 9.17) is 10.00 Å². The van der Waals surface area contributed by atoms with E-state index < -0.39 is 18.3 Å². The van der Waals surface area contributed by atoms with Gasteiger partial charge in [-0.15, -0.1) is 0 Å². The Morgan fingerprint density at radius 2 is 1.96 bits per heavy atom. The standard InChI is InChI=1S/C19H20N2O4/c1-13-7-8-16(15(9-13)10-20)18(23)17(22)11-21-19(24)25-12-14-5-3-2-4-6-14/h2-9,17-18,22-23H,11-12H2,1H3,(H,21,24). The number of aliphatic hydroxyl groups excluding tert-OH is 2. The second-order valence-electron chi connectivity index (χ2n) is 5.66. The maximum atomic E-state index is 11.7. The molecule has 0 radical (unpaired) electrons. The number of hydrogen-bond donors (Lipinski definition) is 3. The summed E-state index contributed by atoms with van der Waals surface area (Å²) < 4.78 is 5.03. The second-order valence-corrected chi connectivity index (χ2v) is 5.66. The van der Waals surface area contributed by atoms with Crippen LogP contribution >= 0.6 is 0 Å². The number of nitriles is 1. The van der Waals surface area contributed by atoms with E-state index in [9.17, 15) is 15.0 Å². The molecular formula is C19H20N2O4. The molecule has 2 aromatic carbocycles. The Morgan fingerprint density at radius 1 is 1.24 bits per heavy atom. The Morgan fingerprint density at radius 3 is 2.64 bits per heavy atom. The van der Waals surface area contributed by atoms with Gasteiger partial charge in [0.25, 0.3) is 0 Å². The Hall–Kier alpha value is -2.88. The van der Waals surface area contributed by atoms with Crippen molar-refractivity contribution in [3.63, 3.8) is 0 Å². The van der Waals surface area contributed by atoms with Gasteiger partial charge in [-0.05, 0) is 24.1 Å². The number of carbonyl (C=O) groups is 1. The molecule has 0 saturated heterocycles. The van der Waals surface area contributed by atoms with Crippen molar-refractivity contribution in [2.45, 2.75) is 25.7 Å². The van der Waals surface area contributed by atoms with E-state index in [1.54, 1.807) is 18.2 Å². The van der Waals surface area contributed by atoms with Gasteiger partial charge in [-0.1, -0.05) is 42.5 Å². The highest BCUT2D eigenvalue weighted by Gasteiger charge is 2.22. The van der Waals surface area contributed by atoms with Crippen molar-refractivity contribution in [2.75, 3.05) is 6.54 Å². The zero-order valence-corrected chi connectivity index (χ0v) is 13.8. The van der Waals surface area contributed by atoms with Gasteiger partial charge in [0.1, 0.15) is 18.8 Å². The molecule has 130 valence electrons. The highest BCUT2D eigenvalue weighted by Crippen LogP contribution is 2.21. The highest BCUT2D eigenvalue weighted by atomic mass is 16.5. The summed E-state index contributed by atoms with van der Waals surface area (Å²) >= 11 is 0. The first-order valence-electron chi connectivity index (χ1n) is 7.82. The van der Waals surface area contributed by atoms with Crippen LogP contribution in [0.3, 0.4) is 0 Å². The van der Waals surface area contributed by atoms with Crippen LogP contribution in [0.1, 0.15) is 28.4 Å². The number of hydrogen-bond acceptors (Lipinski definition) is 5. The van der Waals surface area contributed by atoms with Gasteiger partial charge in [-0.2, -0.15) is 5.26 Å². The number of benzene rings is 2.